The second kappa shape index (κ2) is 8.04. The van der Waals surface area contributed by atoms with Crippen LogP contribution in [0.15, 0.2) is 6.07 Å². The molecule has 0 spiro atoms. The topological polar surface area (TPSA) is 55.4 Å². The highest BCUT2D eigenvalue weighted by Crippen LogP contribution is 2.29. The normalized spacial score (nSPS) is 10.7. The molecule has 0 atom stereocenters. The predicted molar refractivity (Wildman–Crippen MR) is 82.4 cm³/mol. The first-order chi connectivity index (χ1) is 9.47. The van der Waals surface area contributed by atoms with Crippen molar-refractivity contribution in [3.63, 3.8) is 0 Å². The zero-order valence-corrected chi connectivity index (χ0v) is 13.4. The molecule has 0 saturated heterocycles. The third kappa shape index (κ3) is 4.96. The van der Waals surface area contributed by atoms with E-state index in [0.29, 0.717) is 29.5 Å². The number of aryl methyl sites for hydroxylation is 1. The van der Waals surface area contributed by atoms with Crippen LogP contribution >= 0.6 is 11.3 Å². The first kappa shape index (κ1) is 16.7. The van der Waals surface area contributed by atoms with Gasteiger partial charge in [-0.15, -0.1) is 11.3 Å². The number of rotatable bonds is 7. The predicted octanol–water partition coefficient (Wildman–Crippen LogP) is 3.86. The molecule has 0 saturated carbocycles. The fraction of sp³-hybridized carbons (Fsp3) is 0.600. The molecule has 0 fully saturated rings. The third-order valence-electron chi connectivity index (χ3n) is 2.83. The van der Waals surface area contributed by atoms with Crippen LogP contribution in [0.25, 0.3) is 0 Å². The lowest BCUT2D eigenvalue weighted by atomic mass is 10.1. The van der Waals surface area contributed by atoms with Gasteiger partial charge in [-0.25, -0.2) is 4.79 Å². The van der Waals surface area contributed by atoms with Gasteiger partial charge in [-0.05, 0) is 31.7 Å². The van der Waals surface area contributed by atoms with Gasteiger partial charge >= 0.3 is 5.97 Å². The van der Waals surface area contributed by atoms with Crippen molar-refractivity contribution in [2.24, 2.45) is 5.92 Å². The summed E-state index contributed by atoms with van der Waals surface area (Å²) in [6.45, 7) is 8.28. The molecule has 112 valence electrons. The van der Waals surface area contributed by atoms with E-state index < -0.39 is 0 Å². The van der Waals surface area contributed by atoms with Crippen LogP contribution in [-0.4, -0.2) is 18.5 Å². The van der Waals surface area contributed by atoms with Crippen molar-refractivity contribution in [2.75, 3.05) is 11.9 Å². The second-order valence-corrected chi connectivity index (χ2v) is 6.15. The Kier molecular flexibility index (Phi) is 6.71. The lowest BCUT2D eigenvalue weighted by Gasteiger charge is -2.07. The first-order valence-corrected chi connectivity index (χ1v) is 7.89. The van der Waals surface area contributed by atoms with E-state index in [0.717, 1.165) is 17.7 Å². The largest absolute Gasteiger partial charge is 0.462 e. The maximum absolute atomic E-state index is 11.9. The Morgan fingerprint density at radius 1 is 1.35 bits per heavy atom. The van der Waals surface area contributed by atoms with E-state index in [4.69, 9.17) is 4.74 Å². The molecule has 0 aromatic carbocycles. The summed E-state index contributed by atoms with van der Waals surface area (Å²) in [5, 5.41) is 3.44. The number of carbonyl (C=O) groups excluding carboxylic acids is 2. The van der Waals surface area contributed by atoms with Crippen molar-refractivity contribution in [1.82, 2.24) is 0 Å². The number of hydrogen-bond acceptors (Lipinski definition) is 4. The molecule has 1 N–H and O–H groups in total. The molecule has 1 rings (SSSR count). The van der Waals surface area contributed by atoms with Crippen LogP contribution < -0.4 is 5.32 Å². The number of hydrogen-bond donors (Lipinski definition) is 1. The average molecular weight is 297 g/mol. The molecule has 0 unspecified atom stereocenters. The summed E-state index contributed by atoms with van der Waals surface area (Å²) in [7, 11) is 0. The molecular formula is C15H23NO3S. The standard InChI is InChI=1S/C15H23NO3S/c1-5-11-9-12(15(18)19-6-2)14(20-11)16-13(17)8-7-10(3)4/h9-10H,5-8H2,1-4H3,(H,16,17). The zero-order valence-electron chi connectivity index (χ0n) is 12.6. The minimum Gasteiger partial charge on any atom is -0.462 e. The van der Waals surface area contributed by atoms with Crippen LogP contribution in [0.5, 0.6) is 0 Å². The molecule has 1 amide bonds. The monoisotopic (exact) mass is 297 g/mol. The molecule has 0 aliphatic rings. The minimum absolute atomic E-state index is 0.0475. The summed E-state index contributed by atoms with van der Waals surface area (Å²) in [5.41, 5.74) is 0.464. The van der Waals surface area contributed by atoms with Crippen molar-refractivity contribution >= 4 is 28.2 Å². The highest BCUT2D eigenvalue weighted by molar-refractivity contribution is 7.16. The lowest BCUT2D eigenvalue weighted by molar-refractivity contribution is -0.116. The van der Waals surface area contributed by atoms with Crippen molar-refractivity contribution in [3.05, 3.63) is 16.5 Å². The molecule has 5 heteroatoms. The third-order valence-corrected chi connectivity index (χ3v) is 4.02. The maximum Gasteiger partial charge on any atom is 0.341 e. The molecule has 1 aromatic rings. The van der Waals surface area contributed by atoms with Crippen LogP contribution in [0.1, 0.15) is 55.8 Å². The Labute approximate surface area is 124 Å². The molecule has 4 nitrogen and oxygen atoms in total. The summed E-state index contributed by atoms with van der Waals surface area (Å²) >= 11 is 1.44. The number of thiophene rings is 1. The fourth-order valence-corrected chi connectivity index (χ4v) is 2.68. The van der Waals surface area contributed by atoms with Crippen molar-refractivity contribution in [2.45, 2.75) is 47.0 Å². The summed E-state index contributed by atoms with van der Waals surface area (Å²) in [6.07, 6.45) is 2.14. The number of esters is 1. The maximum atomic E-state index is 11.9. The van der Waals surface area contributed by atoms with Gasteiger partial charge in [0.1, 0.15) is 5.00 Å². The van der Waals surface area contributed by atoms with Crippen LogP contribution in [0.3, 0.4) is 0 Å². The molecule has 1 aromatic heterocycles. The van der Waals surface area contributed by atoms with Crippen LogP contribution in [0.2, 0.25) is 0 Å². The van der Waals surface area contributed by atoms with Gasteiger partial charge in [0.2, 0.25) is 5.91 Å². The van der Waals surface area contributed by atoms with Crippen molar-refractivity contribution in [1.29, 1.82) is 0 Å². The SMILES string of the molecule is CCOC(=O)c1cc(CC)sc1NC(=O)CCC(C)C. The highest BCUT2D eigenvalue weighted by atomic mass is 32.1. The molecule has 0 radical (unpaired) electrons. The summed E-state index contributed by atoms with van der Waals surface area (Å²) in [6, 6.07) is 1.81. The van der Waals surface area contributed by atoms with E-state index in [1.807, 2.05) is 6.92 Å². The van der Waals surface area contributed by atoms with E-state index in [-0.39, 0.29) is 11.9 Å². The molecule has 0 bridgehead atoms. The van der Waals surface area contributed by atoms with Gasteiger partial charge in [-0.3, -0.25) is 4.79 Å². The van der Waals surface area contributed by atoms with Crippen molar-refractivity contribution in [3.8, 4) is 0 Å². The van der Waals surface area contributed by atoms with Gasteiger partial charge in [-0.2, -0.15) is 0 Å². The quantitative estimate of drug-likeness (QED) is 0.777. The Balaban J connectivity index is 2.79. The number of carbonyl (C=O) groups is 2. The number of amides is 1. The summed E-state index contributed by atoms with van der Waals surface area (Å²) < 4.78 is 5.02. The average Bonchev–Trinajstić information content (AvgIpc) is 2.80. The molecular weight excluding hydrogens is 274 g/mol. The summed E-state index contributed by atoms with van der Waals surface area (Å²) in [4.78, 5) is 24.8. The van der Waals surface area contributed by atoms with Crippen molar-refractivity contribution < 1.29 is 14.3 Å². The number of anilines is 1. The van der Waals surface area contributed by atoms with Gasteiger partial charge in [0.05, 0.1) is 12.2 Å². The van der Waals surface area contributed by atoms with E-state index >= 15 is 0 Å². The number of ether oxygens (including phenoxy) is 1. The second-order valence-electron chi connectivity index (χ2n) is 5.01. The van der Waals surface area contributed by atoms with E-state index in [1.165, 1.54) is 11.3 Å². The van der Waals surface area contributed by atoms with Gasteiger partial charge < -0.3 is 10.1 Å². The minimum atomic E-state index is -0.373. The summed E-state index contributed by atoms with van der Waals surface area (Å²) in [5.74, 6) is 0.0659. The molecule has 1 heterocycles. The lowest BCUT2D eigenvalue weighted by Crippen LogP contribution is -2.14. The van der Waals surface area contributed by atoms with Crippen LogP contribution in [0.4, 0.5) is 5.00 Å². The van der Waals surface area contributed by atoms with E-state index in [9.17, 15) is 9.59 Å². The zero-order chi connectivity index (χ0) is 15.1. The first-order valence-electron chi connectivity index (χ1n) is 7.07. The van der Waals surface area contributed by atoms with Crippen LogP contribution in [-0.2, 0) is 16.0 Å². The Hall–Kier alpha value is -1.36. The van der Waals surface area contributed by atoms with Gasteiger partial charge in [0, 0.05) is 11.3 Å². The highest BCUT2D eigenvalue weighted by Gasteiger charge is 2.18. The Bertz CT molecular complexity index is 466. The van der Waals surface area contributed by atoms with E-state index in [1.54, 1.807) is 13.0 Å². The van der Waals surface area contributed by atoms with Crippen LogP contribution in [0, 0.1) is 5.92 Å². The molecule has 0 aliphatic carbocycles. The van der Waals surface area contributed by atoms with E-state index in [2.05, 4.69) is 19.2 Å². The Morgan fingerprint density at radius 2 is 2.05 bits per heavy atom. The molecule has 0 aliphatic heterocycles. The van der Waals surface area contributed by atoms with Gasteiger partial charge in [0.25, 0.3) is 0 Å². The molecule has 20 heavy (non-hydrogen) atoms. The smallest absolute Gasteiger partial charge is 0.341 e. The number of nitrogens with one attached hydrogen (secondary N) is 1. The Morgan fingerprint density at radius 3 is 2.60 bits per heavy atom. The van der Waals surface area contributed by atoms with Gasteiger partial charge in [-0.1, -0.05) is 20.8 Å². The fourth-order valence-electron chi connectivity index (χ4n) is 1.68. The van der Waals surface area contributed by atoms with Gasteiger partial charge in [0.15, 0.2) is 0 Å².